The van der Waals surface area contributed by atoms with Crippen LogP contribution in [0.3, 0.4) is 0 Å². The highest BCUT2D eigenvalue weighted by Gasteiger charge is 2.23. The van der Waals surface area contributed by atoms with Gasteiger partial charge in [-0.1, -0.05) is 36.4 Å². The minimum absolute atomic E-state index is 0.269. The fourth-order valence-electron chi connectivity index (χ4n) is 3.81. The highest BCUT2D eigenvalue weighted by molar-refractivity contribution is 6.25. The van der Waals surface area contributed by atoms with E-state index in [4.69, 9.17) is 28.9 Å². The Balaban J connectivity index is 1.24. The number of nitrogens with one attached hydrogen (secondary N) is 1. The fraction of sp³-hybridized carbons (Fsp3) is 0.167. The Morgan fingerprint density at radius 3 is 1.61 bits per heavy atom. The Bertz CT molecular complexity index is 1140. The lowest BCUT2D eigenvalue weighted by Gasteiger charge is -2.03. The van der Waals surface area contributed by atoms with Gasteiger partial charge in [-0.15, -0.1) is 0 Å². The lowest BCUT2D eigenvalue weighted by Crippen LogP contribution is -2.23. The van der Waals surface area contributed by atoms with Crippen molar-refractivity contribution in [3.05, 3.63) is 82.9 Å². The number of aliphatic imine (C=N–C) groups is 2. The van der Waals surface area contributed by atoms with Gasteiger partial charge in [-0.25, -0.2) is 0 Å². The Kier molecular flexibility index (Phi) is 4.23. The molecule has 3 aliphatic rings. The normalized spacial score (nSPS) is 17.8. The van der Waals surface area contributed by atoms with E-state index >= 15 is 0 Å². The molecule has 0 atom stereocenters. The first-order valence-electron chi connectivity index (χ1n) is 10.1. The monoisotopic (exact) mass is 413 g/mol. The standard InChI is InChI=1S/C24H19N3O4/c1-2-4-18-17(3-1)23(25-11-15-5-7-19-21(9-15)30-13-28-19)27-24(18)26-12-16-6-8-20-22(10-16)31-14-29-20/h1-10H,11-14H2,(H,25,26,27). The molecular weight excluding hydrogens is 394 g/mol. The summed E-state index contributed by atoms with van der Waals surface area (Å²) in [7, 11) is 0. The first-order chi connectivity index (χ1) is 15.3. The van der Waals surface area contributed by atoms with Crippen LogP contribution in [-0.2, 0) is 13.1 Å². The molecule has 154 valence electrons. The first kappa shape index (κ1) is 17.8. The average Bonchev–Trinajstić information content (AvgIpc) is 3.54. The third kappa shape index (κ3) is 3.34. The second-order valence-corrected chi connectivity index (χ2v) is 7.38. The Labute approximate surface area is 179 Å². The van der Waals surface area contributed by atoms with Gasteiger partial charge in [-0.05, 0) is 35.4 Å². The van der Waals surface area contributed by atoms with Crippen LogP contribution in [0.1, 0.15) is 22.3 Å². The maximum absolute atomic E-state index is 5.46. The van der Waals surface area contributed by atoms with Gasteiger partial charge in [0.25, 0.3) is 0 Å². The van der Waals surface area contributed by atoms with E-state index in [1.165, 1.54) is 0 Å². The summed E-state index contributed by atoms with van der Waals surface area (Å²) >= 11 is 0. The predicted octanol–water partition coefficient (Wildman–Crippen LogP) is 3.64. The van der Waals surface area contributed by atoms with Crippen LogP contribution < -0.4 is 24.3 Å². The molecule has 0 saturated heterocycles. The Hall–Kier alpha value is -4.00. The van der Waals surface area contributed by atoms with Gasteiger partial charge in [0.1, 0.15) is 11.7 Å². The van der Waals surface area contributed by atoms with Crippen molar-refractivity contribution in [3.8, 4) is 23.0 Å². The van der Waals surface area contributed by atoms with Crippen molar-refractivity contribution in [1.82, 2.24) is 5.32 Å². The maximum Gasteiger partial charge on any atom is 0.231 e. The molecule has 0 aromatic heterocycles. The minimum atomic E-state index is 0.269. The van der Waals surface area contributed by atoms with E-state index in [1.54, 1.807) is 0 Å². The second kappa shape index (κ2) is 7.36. The highest BCUT2D eigenvalue weighted by Crippen LogP contribution is 2.33. The molecule has 0 fully saturated rings. The van der Waals surface area contributed by atoms with Crippen LogP contribution in [-0.4, -0.2) is 25.3 Å². The third-order valence-corrected chi connectivity index (χ3v) is 5.39. The number of rotatable bonds is 4. The van der Waals surface area contributed by atoms with Crippen LogP contribution in [0.25, 0.3) is 0 Å². The average molecular weight is 413 g/mol. The molecule has 0 spiro atoms. The van der Waals surface area contributed by atoms with Gasteiger partial charge in [-0.2, -0.15) is 0 Å². The highest BCUT2D eigenvalue weighted by atomic mass is 16.7. The van der Waals surface area contributed by atoms with E-state index in [0.29, 0.717) is 13.1 Å². The third-order valence-electron chi connectivity index (χ3n) is 5.39. The summed E-state index contributed by atoms with van der Waals surface area (Å²) in [6, 6.07) is 19.9. The molecule has 3 aliphatic heterocycles. The summed E-state index contributed by atoms with van der Waals surface area (Å²) in [6.07, 6.45) is 0. The van der Waals surface area contributed by atoms with E-state index < -0.39 is 0 Å². The largest absolute Gasteiger partial charge is 0.454 e. The summed E-state index contributed by atoms with van der Waals surface area (Å²) < 4.78 is 21.7. The zero-order valence-corrected chi connectivity index (χ0v) is 16.6. The van der Waals surface area contributed by atoms with Crippen molar-refractivity contribution in [3.63, 3.8) is 0 Å². The molecule has 0 radical (unpaired) electrons. The maximum atomic E-state index is 5.46. The van der Waals surface area contributed by atoms with Crippen LogP contribution >= 0.6 is 0 Å². The smallest absolute Gasteiger partial charge is 0.231 e. The quantitative estimate of drug-likeness (QED) is 0.707. The van der Waals surface area contributed by atoms with Crippen molar-refractivity contribution >= 4 is 11.7 Å². The van der Waals surface area contributed by atoms with Gasteiger partial charge < -0.3 is 24.3 Å². The lowest BCUT2D eigenvalue weighted by molar-refractivity contribution is 0.173. The lowest BCUT2D eigenvalue weighted by atomic mass is 10.1. The predicted molar refractivity (Wildman–Crippen MR) is 115 cm³/mol. The summed E-state index contributed by atoms with van der Waals surface area (Å²) in [5.41, 5.74) is 4.21. The first-order valence-corrected chi connectivity index (χ1v) is 10.1. The zero-order valence-electron chi connectivity index (χ0n) is 16.6. The molecule has 7 nitrogen and oxygen atoms in total. The van der Waals surface area contributed by atoms with Crippen LogP contribution in [0.2, 0.25) is 0 Å². The summed E-state index contributed by atoms with van der Waals surface area (Å²) in [4.78, 5) is 9.61. The van der Waals surface area contributed by atoms with E-state index in [9.17, 15) is 0 Å². The molecule has 31 heavy (non-hydrogen) atoms. The van der Waals surface area contributed by atoms with Crippen LogP contribution in [0.15, 0.2) is 70.6 Å². The van der Waals surface area contributed by atoms with Crippen molar-refractivity contribution in [2.24, 2.45) is 9.98 Å². The zero-order chi connectivity index (χ0) is 20.6. The van der Waals surface area contributed by atoms with Crippen LogP contribution in [0.4, 0.5) is 0 Å². The fourth-order valence-corrected chi connectivity index (χ4v) is 3.81. The van der Waals surface area contributed by atoms with Gasteiger partial charge in [0.05, 0.1) is 13.1 Å². The van der Waals surface area contributed by atoms with Crippen molar-refractivity contribution in [2.45, 2.75) is 13.1 Å². The molecule has 3 aromatic rings. The van der Waals surface area contributed by atoms with Crippen LogP contribution in [0.5, 0.6) is 23.0 Å². The molecule has 7 heteroatoms. The summed E-state index contributed by atoms with van der Waals surface area (Å²) in [6.45, 7) is 1.60. The Morgan fingerprint density at radius 1 is 0.613 bits per heavy atom. The molecule has 0 aliphatic carbocycles. The number of fused-ring (bicyclic) bond motifs is 3. The molecule has 1 N–H and O–H groups in total. The number of nitrogens with zero attached hydrogens (tertiary/aromatic N) is 2. The molecule has 3 aromatic carbocycles. The number of benzene rings is 3. The van der Waals surface area contributed by atoms with Crippen molar-refractivity contribution < 1.29 is 18.9 Å². The number of hydrogen-bond acceptors (Lipinski definition) is 6. The van der Waals surface area contributed by atoms with Gasteiger partial charge in [-0.3, -0.25) is 9.98 Å². The Morgan fingerprint density at radius 2 is 1.10 bits per heavy atom. The second-order valence-electron chi connectivity index (χ2n) is 7.38. The van der Waals surface area contributed by atoms with Crippen molar-refractivity contribution in [1.29, 1.82) is 0 Å². The molecule has 3 heterocycles. The summed E-state index contributed by atoms with van der Waals surface area (Å²) in [5, 5.41) is 3.39. The number of ether oxygens (including phenoxy) is 4. The van der Waals surface area contributed by atoms with E-state index in [-0.39, 0.29) is 13.6 Å². The van der Waals surface area contributed by atoms with E-state index in [0.717, 1.165) is 56.9 Å². The van der Waals surface area contributed by atoms with E-state index in [1.807, 2.05) is 48.5 Å². The molecule has 0 bridgehead atoms. The SMILES string of the molecule is c1ccc2c(c1)C(=NCc1ccc3c(c1)OCO3)NC2=NCc1ccc2c(c1)OCO2. The molecule has 0 saturated carbocycles. The molecular formula is C24H19N3O4. The van der Waals surface area contributed by atoms with Gasteiger partial charge >= 0.3 is 0 Å². The topological polar surface area (TPSA) is 73.7 Å². The van der Waals surface area contributed by atoms with E-state index in [2.05, 4.69) is 17.4 Å². The number of hydrogen-bond donors (Lipinski definition) is 1. The minimum Gasteiger partial charge on any atom is -0.454 e. The molecule has 0 unspecified atom stereocenters. The van der Waals surface area contributed by atoms with Gasteiger partial charge in [0, 0.05) is 11.1 Å². The van der Waals surface area contributed by atoms with Gasteiger partial charge in [0.15, 0.2) is 23.0 Å². The van der Waals surface area contributed by atoms with Gasteiger partial charge in [0.2, 0.25) is 13.6 Å². The van der Waals surface area contributed by atoms with Crippen molar-refractivity contribution in [2.75, 3.05) is 13.6 Å². The van der Waals surface area contributed by atoms with Crippen LogP contribution in [0, 0.1) is 0 Å². The number of amidine groups is 2. The summed E-state index contributed by atoms with van der Waals surface area (Å²) in [5.74, 6) is 4.72. The molecule has 6 rings (SSSR count). The molecule has 0 amide bonds.